The van der Waals surface area contributed by atoms with E-state index in [0.717, 1.165) is 38.3 Å². The van der Waals surface area contributed by atoms with Gasteiger partial charge < -0.3 is 10.0 Å². The summed E-state index contributed by atoms with van der Waals surface area (Å²) >= 11 is 0. The van der Waals surface area contributed by atoms with E-state index in [1.54, 1.807) is 0 Å². The number of benzene rings is 1. The van der Waals surface area contributed by atoms with Crippen molar-refractivity contribution in [1.29, 1.82) is 0 Å². The van der Waals surface area contributed by atoms with Gasteiger partial charge in [0.15, 0.2) is 0 Å². The first-order chi connectivity index (χ1) is 9.28. The van der Waals surface area contributed by atoms with Gasteiger partial charge >= 0.3 is 0 Å². The lowest BCUT2D eigenvalue weighted by Crippen LogP contribution is -2.43. The van der Waals surface area contributed by atoms with Crippen molar-refractivity contribution in [2.45, 2.75) is 13.0 Å². The number of nitrogens with zero attached hydrogens (tertiary/aromatic N) is 2. The first-order valence-electron chi connectivity index (χ1n) is 6.87. The number of likely N-dealkylation sites (N-methyl/N-ethyl adjacent to an activating group) is 1. The standard InChI is InChI=1S/C16H22N2O/c1-17-9-11-18(12-10-17)14-16-7-5-15(6-8-16)4-2-3-13-19/h5-8,19H,3,9-14H2,1H3. The highest BCUT2D eigenvalue weighted by Crippen LogP contribution is 2.09. The first-order valence-corrected chi connectivity index (χ1v) is 6.87. The van der Waals surface area contributed by atoms with Crippen LogP contribution in [0.15, 0.2) is 24.3 Å². The fourth-order valence-electron chi connectivity index (χ4n) is 2.18. The molecule has 1 aliphatic heterocycles. The van der Waals surface area contributed by atoms with E-state index >= 15 is 0 Å². The average Bonchev–Trinajstić information content (AvgIpc) is 2.44. The second-order valence-corrected chi connectivity index (χ2v) is 5.05. The number of hydrogen-bond donors (Lipinski definition) is 1. The SMILES string of the molecule is CN1CCN(Cc2ccc(C#CCCO)cc2)CC1. The summed E-state index contributed by atoms with van der Waals surface area (Å²) in [6.45, 7) is 5.77. The Balaban J connectivity index is 1.87. The zero-order valence-electron chi connectivity index (χ0n) is 11.6. The van der Waals surface area contributed by atoms with E-state index in [-0.39, 0.29) is 6.61 Å². The molecule has 1 aromatic carbocycles. The van der Waals surface area contributed by atoms with Crippen molar-refractivity contribution in [1.82, 2.24) is 9.80 Å². The summed E-state index contributed by atoms with van der Waals surface area (Å²) in [6.07, 6.45) is 0.545. The zero-order chi connectivity index (χ0) is 13.5. The Morgan fingerprint density at radius 3 is 2.42 bits per heavy atom. The molecular weight excluding hydrogens is 236 g/mol. The van der Waals surface area contributed by atoms with E-state index < -0.39 is 0 Å². The van der Waals surface area contributed by atoms with Crippen LogP contribution >= 0.6 is 0 Å². The zero-order valence-corrected chi connectivity index (χ0v) is 11.6. The topological polar surface area (TPSA) is 26.7 Å². The van der Waals surface area contributed by atoms with Gasteiger partial charge in [-0.15, -0.1) is 0 Å². The summed E-state index contributed by atoms with van der Waals surface area (Å²) in [6, 6.07) is 8.44. The molecule has 0 bridgehead atoms. The number of rotatable bonds is 3. The molecule has 1 fully saturated rings. The molecule has 1 aromatic rings. The first kappa shape index (κ1) is 14.1. The molecule has 3 heteroatoms. The van der Waals surface area contributed by atoms with Gasteiger partial charge in [-0.25, -0.2) is 0 Å². The number of piperazine rings is 1. The summed E-state index contributed by atoms with van der Waals surface area (Å²) in [5.74, 6) is 5.99. The molecule has 2 rings (SSSR count). The highest BCUT2D eigenvalue weighted by Gasteiger charge is 2.13. The van der Waals surface area contributed by atoms with Crippen LogP contribution < -0.4 is 0 Å². The Morgan fingerprint density at radius 1 is 1.11 bits per heavy atom. The Hall–Kier alpha value is -1.34. The van der Waals surface area contributed by atoms with Crippen LogP contribution in [-0.4, -0.2) is 54.7 Å². The van der Waals surface area contributed by atoms with Crippen LogP contribution in [0.25, 0.3) is 0 Å². The Labute approximate surface area is 115 Å². The van der Waals surface area contributed by atoms with Gasteiger partial charge in [-0.05, 0) is 24.7 Å². The lowest BCUT2D eigenvalue weighted by molar-refractivity contribution is 0.148. The van der Waals surface area contributed by atoms with E-state index in [2.05, 4.69) is 53.0 Å². The molecule has 1 aliphatic rings. The van der Waals surface area contributed by atoms with Gasteiger partial charge in [0.2, 0.25) is 0 Å². The maximum Gasteiger partial charge on any atom is 0.0540 e. The van der Waals surface area contributed by atoms with Gasteiger partial charge in [-0.3, -0.25) is 4.90 Å². The van der Waals surface area contributed by atoms with Gasteiger partial charge in [0.05, 0.1) is 6.61 Å². The predicted molar refractivity (Wildman–Crippen MR) is 77.8 cm³/mol. The molecule has 0 saturated carbocycles. The molecule has 0 unspecified atom stereocenters. The predicted octanol–water partition coefficient (Wildman–Crippen LogP) is 1.17. The average molecular weight is 258 g/mol. The Bertz CT molecular complexity index is 436. The molecule has 0 atom stereocenters. The van der Waals surface area contributed by atoms with Crippen molar-refractivity contribution in [2.75, 3.05) is 39.8 Å². The quantitative estimate of drug-likeness (QED) is 0.825. The number of aliphatic hydroxyl groups is 1. The third kappa shape index (κ3) is 4.68. The van der Waals surface area contributed by atoms with E-state index in [4.69, 9.17) is 5.11 Å². The second-order valence-electron chi connectivity index (χ2n) is 5.05. The molecule has 0 aromatic heterocycles. The van der Waals surface area contributed by atoms with Crippen molar-refractivity contribution in [2.24, 2.45) is 0 Å². The summed E-state index contributed by atoms with van der Waals surface area (Å²) in [5, 5.41) is 8.68. The summed E-state index contributed by atoms with van der Waals surface area (Å²) < 4.78 is 0. The summed E-state index contributed by atoms with van der Waals surface area (Å²) in [4.78, 5) is 4.86. The van der Waals surface area contributed by atoms with Gasteiger partial charge in [0.1, 0.15) is 0 Å². The van der Waals surface area contributed by atoms with Crippen molar-refractivity contribution in [3.8, 4) is 11.8 Å². The van der Waals surface area contributed by atoms with Crippen LogP contribution in [0.1, 0.15) is 17.5 Å². The second kappa shape index (κ2) is 7.30. The van der Waals surface area contributed by atoms with Crippen LogP contribution in [0.2, 0.25) is 0 Å². The smallest absolute Gasteiger partial charge is 0.0540 e. The van der Waals surface area contributed by atoms with E-state index in [1.807, 2.05) is 0 Å². The lowest BCUT2D eigenvalue weighted by Gasteiger charge is -2.32. The highest BCUT2D eigenvalue weighted by atomic mass is 16.2. The number of aliphatic hydroxyl groups excluding tert-OH is 1. The van der Waals surface area contributed by atoms with Crippen molar-refractivity contribution in [3.63, 3.8) is 0 Å². The normalized spacial score (nSPS) is 16.9. The molecule has 0 spiro atoms. The molecule has 19 heavy (non-hydrogen) atoms. The maximum absolute atomic E-state index is 8.68. The summed E-state index contributed by atoms with van der Waals surface area (Å²) in [5.41, 5.74) is 2.37. The van der Waals surface area contributed by atoms with Gasteiger partial charge in [-0.2, -0.15) is 0 Å². The third-order valence-electron chi connectivity index (χ3n) is 3.43. The molecule has 0 radical (unpaired) electrons. The van der Waals surface area contributed by atoms with Gasteiger partial charge in [-0.1, -0.05) is 24.0 Å². The van der Waals surface area contributed by atoms with Gasteiger partial charge in [0, 0.05) is 44.7 Å². The minimum Gasteiger partial charge on any atom is -0.395 e. The van der Waals surface area contributed by atoms with Gasteiger partial charge in [0.25, 0.3) is 0 Å². The van der Waals surface area contributed by atoms with Crippen LogP contribution in [0, 0.1) is 11.8 Å². The van der Waals surface area contributed by atoms with Crippen molar-refractivity contribution < 1.29 is 5.11 Å². The summed E-state index contributed by atoms with van der Waals surface area (Å²) in [7, 11) is 2.18. The van der Waals surface area contributed by atoms with E-state index in [0.29, 0.717) is 6.42 Å². The number of hydrogen-bond acceptors (Lipinski definition) is 3. The fraction of sp³-hybridized carbons (Fsp3) is 0.500. The molecule has 1 heterocycles. The van der Waals surface area contributed by atoms with Crippen LogP contribution in [0.3, 0.4) is 0 Å². The molecule has 1 saturated heterocycles. The molecular formula is C16H22N2O. The third-order valence-corrected chi connectivity index (χ3v) is 3.43. The molecule has 0 amide bonds. The lowest BCUT2D eigenvalue weighted by atomic mass is 10.1. The maximum atomic E-state index is 8.68. The molecule has 102 valence electrons. The van der Waals surface area contributed by atoms with E-state index in [9.17, 15) is 0 Å². The van der Waals surface area contributed by atoms with Crippen LogP contribution in [-0.2, 0) is 6.54 Å². The minimum atomic E-state index is 0.133. The largest absolute Gasteiger partial charge is 0.395 e. The molecule has 0 aliphatic carbocycles. The monoisotopic (exact) mass is 258 g/mol. The van der Waals surface area contributed by atoms with Crippen molar-refractivity contribution >= 4 is 0 Å². The Morgan fingerprint density at radius 2 is 1.79 bits per heavy atom. The highest BCUT2D eigenvalue weighted by molar-refractivity contribution is 5.36. The van der Waals surface area contributed by atoms with E-state index in [1.165, 1.54) is 5.56 Å². The fourth-order valence-corrected chi connectivity index (χ4v) is 2.18. The minimum absolute atomic E-state index is 0.133. The molecule has 3 nitrogen and oxygen atoms in total. The molecule has 1 N–H and O–H groups in total. The Kier molecular flexibility index (Phi) is 5.41. The van der Waals surface area contributed by atoms with Crippen LogP contribution in [0.5, 0.6) is 0 Å². The van der Waals surface area contributed by atoms with Crippen LogP contribution in [0.4, 0.5) is 0 Å². The van der Waals surface area contributed by atoms with Crippen molar-refractivity contribution in [3.05, 3.63) is 35.4 Å².